The fraction of sp³-hybridized carbons (Fsp3) is 0.789. The molecule has 1 aromatic heterocycles. The van der Waals surface area contributed by atoms with Crippen molar-refractivity contribution in [1.82, 2.24) is 30.7 Å². The minimum Gasteiger partial charge on any atom is -0.444 e. The highest BCUT2D eigenvalue weighted by Crippen LogP contribution is 2.15. The van der Waals surface area contributed by atoms with E-state index < -0.39 is 11.7 Å². The summed E-state index contributed by atoms with van der Waals surface area (Å²) in [5, 5.41) is 17.9. The molecule has 2 heterocycles. The van der Waals surface area contributed by atoms with E-state index in [9.17, 15) is 4.79 Å². The molecule has 0 saturated heterocycles. The Morgan fingerprint density at radius 3 is 2.61 bits per heavy atom. The number of hydrogen-bond acceptors (Lipinski definition) is 5. The van der Waals surface area contributed by atoms with Crippen LogP contribution in [0.4, 0.5) is 4.79 Å². The molecule has 1 aromatic rings. The summed E-state index contributed by atoms with van der Waals surface area (Å²) >= 11 is 0. The van der Waals surface area contributed by atoms with Crippen LogP contribution in [0.2, 0.25) is 0 Å². The van der Waals surface area contributed by atoms with Crippen molar-refractivity contribution < 1.29 is 9.53 Å². The van der Waals surface area contributed by atoms with Gasteiger partial charge in [0.15, 0.2) is 5.96 Å². The molecule has 28 heavy (non-hydrogen) atoms. The first kappa shape index (κ1) is 22.0. The number of carbonyl (C=O) groups excluding carboxylic acids is 1. The number of alkyl carbamates (subject to hydrolysis) is 1. The van der Waals surface area contributed by atoms with Crippen molar-refractivity contribution in [2.24, 2.45) is 4.99 Å². The molecule has 9 nitrogen and oxygen atoms in total. The van der Waals surface area contributed by atoms with Crippen LogP contribution in [0, 0.1) is 0 Å². The monoisotopic (exact) mass is 393 g/mol. The number of amides is 1. The fourth-order valence-electron chi connectivity index (χ4n) is 3.06. The topological polar surface area (TPSA) is 105 Å². The first-order valence-electron chi connectivity index (χ1n) is 10.2. The number of carbonyl (C=O) groups is 1. The number of aliphatic imine (C=N–C) groups is 1. The molecule has 0 fully saturated rings. The van der Waals surface area contributed by atoms with E-state index >= 15 is 0 Å². The zero-order chi connectivity index (χ0) is 20.4. The Kier molecular flexibility index (Phi) is 8.53. The first-order valence-corrected chi connectivity index (χ1v) is 10.2. The van der Waals surface area contributed by atoms with Gasteiger partial charge in [0.25, 0.3) is 0 Å². The van der Waals surface area contributed by atoms with Crippen LogP contribution < -0.4 is 16.0 Å². The fourth-order valence-corrected chi connectivity index (χ4v) is 3.06. The predicted octanol–water partition coefficient (Wildman–Crippen LogP) is 1.63. The summed E-state index contributed by atoms with van der Waals surface area (Å²) in [4.78, 5) is 15.8. The van der Waals surface area contributed by atoms with Crippen LogP contribution in [0.5, 0.6) is 0 Å². The van der Waals surface area contributed by atoms with Crippen LogP contribution in [0.25, 0.3) is 0 Å². The minimum atomic E-state index is -0.488. The van der Waals surface area contributed by atoms with Gasteiger partial charge < -0.3 is 25.3 Å². The molecular formula is C19H35N7O2. The Hall–Kier alpha value is -2.32. The van der Waals surface area contributed by atoms with Crippen molar-refractivity contribution in [3.8, 4) is 0 Å². The summed E-state index contributed by atoms with van der Waals surface area (Å²) < 4.78 is 7.49. The smallest absolute Gasteiger partial charge is 0.407 e. The average Bonchev–Trinajstić information content (AvgIpc) is 2.85. The van der Waals surface area contributed by atoms with Crippen LogP contribution in [0.1, 0.15) is 58.1 Å². The number of hydrogen-bond donors (Lipinski definition) is 3. The molecule has 3 N–H and O–H groups in total. The van der Waals surface area contributed by atoms with Gasteiger partial charge in [-0.15, -0.1) is 10.2 Å². The van der Waals surface area contributed by atoms with Crippen molar-refractivity contribution in [3.05, 3.63) is 11.6 Å². The zero-order valence-corrected chi connectivity index (χ0v) is 17.7. The molecule has 0 saturated carbocycles. The number of rotatable bonds is 7. The van der Waals surface area contributed by atoms with Gasteiger partial charge in [-0.25, -0.2) is 4.79 Å². The second-order valence-electron chi connectivity index (χ2n) is 7.95. The van der Waals surface area contributed by atoms with Crippen LogP contribution in [-0.2, 0) is 24.1 Å². The Balaban J connectivity index is 1.61. The highest BCUT2D eigenvalue weighted by atomic mass is 16.6. The van der Waals surface area contributed by atoms with Gasteiger partial charge >= 0.3 is 6.09 Å². The summed E-state index contributed by atoms with van der Waals surface area (Å²) in [5.74, 6) is 2.93. The van der Waals surface area contributed by atoms with E-state index in [4.69, 9.17) is 4.74 Å². The maximum atomic E-state index is 11.6. The largest absolute Gasteiger partial charge is 0.444 e. The third-order valence-corrected chi connectivity index (χ3v) is 4.36. The summed E-state index contributed by atoms with van der Waals surface area (Å²) in [6, 6.07) is 0. The van der Waals surface area contributed by atoms with Crippen molar-refractivity contribution in [2.45, 2.75) is 71.4 Å². The molecule has 0 atom stereocenters. The van der Waals surface area contributed by atoms with Gasteiger partial charge in [0.05, 0.1) is 0 Å². The number of ether oxygens (including phenoxy) is 1. The summed E-state index contributed by atoms with van der Waals surface area (Å²) in [6.45, 7) is 8.38. The average molecular weight is 394 g/mol. The SMILES string of the molecule is CN=C(NCCCc1nnc2n1CCCCC2)NCCNC(=O)OC(C)(C)C. The highest BCUT2D eigenvalue weighted by Gasteiger charge is 2.16. The van der Waals surface area contributed by atoms with Gasteiger partial charge in [0, 0.05) is 46.1 Å². The van der Waals surface area contributed by atoms with Gasteiger partial charge in [0.2, 0.25) is 0 Å². The van der Waals surface area contributed by atoms with Crippen LogP contribution in [-0.4, -0.2) is 59.1 Å². The summed E-state index contributed by atoms with van der Waals surface area (Å²) in [6.07, 6.45) is 6.18. The standard InChI is InChI=1S/C19H35N7O2/c1-19(2,3)28-18(27)23-13-12-22-17(20-4)21-11-8-10-16-25-24-15-9-6-5-7-14-26(15)16/h5-14H2,1-4H3,(H,23,27)(H2,20,21,22). The lowest BCUT2D eigenvalue weighted by atomic mass is 10.2. The molecule has 1 amide bonds. The van der Waals surface area contributed by atoms with Crippen molar-refractivity contribution >= 4 is 12.1 Å². The molecule has 0 spiro atoms. The van der Waals surface area contributed by atoms with Crippen LogP contribution >= 0.6 is 0 Å². The van der Waals surface area contributed by atoms with E-state index in [0.29, 0.717) is 19.0 Å². The number of aryl methyl sites for hydroxylation is 2. The van der Waals surface area contributed by atoms with Gasteiger partial charge in [-0.1, -0.05) is 6.42 Å². The number of fused-ring (bicyclic) bond motifs is 1. The third kappa shape index (κ3) is 7.74. The van der Waals surface area contributed by atoms with E-state index in [1.165, 1.54) is 19.3 Å². The highest BCUT2D eigenvalue weighted by molar-refractivity contribution is 5.79. The minimum absolute atomic E-state index is 0.412. The lowest BCUT2D eigenvalue weighted by Crippen LogP contribution is -2.42. The summed E-state index contributed by atoms with van der Waals surface area (Å²) in [5.41, 5.74) is -0.488. The van der Waals surface area contributed by atoms with E-state index in [0.717, 1.165) is 44.0 Å². The third-order valence-electron chi connectivity index (χ3n) is 4.36. The molecule has 0 aromatic carbocycles. The Morgan fingerprint density at radius 2 is 1.86 bits per heavy atom. The number of nitrogens with one attached hydrogen (secondary N) is 3. The lowest BCUT2D eigenvalue weighted by molar-refractivity contribution is 0.0529. The second kappa shape index (κ2) is 10.9. The quantitative estimate of drug-likeness (QED) is 0.369. The first-order chi connectivity index (χ1) is 13.4. The number of aromatic nitrogens is 3. The van der Waals surface area contributed by atoms with Crippen molar-refractivity contribution in [3.63, 3.8) is 0 Å². The number of guanidine groups is 1. The predicted molar refractivity (Wildman–Crippen MR) is 109 cm³/mol. The maximum absolute atomic E-state index is 11.6. The Labute approximate surface area is 167 Å². The van der Waals surface area contributed by atoms with Crippen LogP contribution in [0.3, 0.4) is 0 Å². The lowest BCUT2D eigenvalue weighted by Gasteiger charge is -2.19. The molecule has 2 rings (SSSR count). The van der Waals surface area contributed by atoms with E-state index in [1.54, 1.807) is 7.05 Å². The molecular weight excluding hydrogens is 358 g/mol. The maximum Gasteiger partial charge on any atom is 0.407 e. The normalized spacial score (nSPS) is 14.8. The molecule has 0 aliphatic carbocycles. The van der Waals surface area contributed by atoms with Gasteiger partial charge in [-0.2, -0.15) is 0 Å². The molecule has 9 heteroatoms. The van der Waals surface area contributed by atoms with Gasteiger partial charge in [-0.05, 0) is 40.0 Å². The molecule has 158 valence electrons. The van der Waals surface area contributed by atoms with Crippen molar-refractivity contribution in [2.75, 3.05) is 26.7 Å². The van der Waals surface area contributed by atoms with Gasteiger partial charge in [0.1, 0.15) is 17.2 Å². The van der Waals surface area contributed by atoms with Crippen LogP contribution in [0.15, 0.2) is 4.99 Å². The molecule has 1 aliphatic rings. The summed E-state index contributed by atoms with van der Waals surface area (Å²) in [7, 11) is 1.73. The second-order valence-corrected chi connectivity index (χ2v) is 7.95. The molecule has 0 bridgehead atoms. The molecule has 0 unspecified atom stereocenters. The van der Waals surface area contributed by atoms with E-state index in [2.05, 4.69) is 35.7 Å². The Morgan fingerprint density at radius 1 is 1.11 bits per heavy atom. The molecule has 0 radical (unpaired) electrons. The zero-order valence-electron chi connectivity index (χ0n) is 17.7. The van der Waals surface area contributed by atoms with E-state index in [1.807, 2.05) is 20.8 Å². The number of nitrogens with zero attached hydrogens (tertiary/aromatic N) is 4. The van der Waals surface area contributed by atoms with E-state index in [-0.39, 0.29) is 0 Å². The molecule has 1 aliphatic heterocycles. The van der Waals surface area contributed by atoms with Gasteiger partial charge in [-0.3, -0.25) is 4.99 Å². The Bertz CT molecular complexity index is 649. The van der Waals surface area contributed by atoms with Crippen molar-refractivity contribution in [1.29, 1.82) is 0 Å².